The Balaban J connectivity index is 2.07. The third kappa shape index (κ3) is 5.03. The maximum atomic E-state index is 14.0. The molecule has 12 heteroatoms. The molecule has 2 aromatic heterocycles. The third-order valence-electron chi connectivity index (χ3n) is 4.94. The van der Waals surface area contributed by atoms with Crippen molar-refractivity contribution in [2.75, 3.05) is 11.9 Å². The fraction of sp³-hybridized carbons (Fsp3) is 0.286. The van der Waals surface area contributed by atoms with Crippen LogP contribution in [0.25, 0.3) is 22.1 Å². The molecule has 0 aliphatic carbocycles. The standard InChI is InChI=1S/C21H19F3N2O7/c22-21(23,24)17-12-2-1-11(26-13(8-27)18(30)19(31)14(29)9-28)7-15(12)33-20(32)16(17)10-3-5-25-6-4-10/h1-8,13-14,18-19,26,28-31H,9H2/t13-,14+,18+,19+/m0/s1. The summed E-state index contributed by atoms with van der Waals surface area (Å²) in [5, 5.41) is 40.2. The molecule has 0 saturated heterocycles. The van der Waals surface area contributed by atoms with E-state index in [2.05, 4.69) is 10.3 Å². The molecule has 0 fully saturated rings. The van der Waals surface area contributed by atoms with Gasteiger partial charge in [0.1, 0.15) is 36.2 Å². The average Bonchev–Trinajstić information content (AvgIpc) is 2.79. The van der Waals surface area contributed by atoms with Crippen LogP contribution in [0.15, 0.2) is 51.9 Å². The first-order chi connectivity index (χ1) is 15.6. The van der Waals surface area contributed by atoms with Crippen LogP contribution in [0.2, 0.25) is 0 Å². The molecular formula is C21H19F3N2O7. The van der Waals surface area contributed by atoms with E-state index in [-0.39, 0.29) is 17.5 Å². The zero-order valence-electron chi connectivity index (χ0n) is 16.7. The van der Waals surface area contributed by atoms with Gasteiger partial charge < -0.3 is 35.0 Å². The van der Waals surface area contributed by atoms with Gasteiger partial charge in [0.25, 0.3) is 0 Å². The normalized spacial score (nSPS) is 15.6. The molecule has 176 valence electrons. The first kappa shape index (κ1) is 24.3. The van der Waals surface area contributed by atoms with Gasteiger partial charge >= 0.3 is 11.8 Å². The van der Waals surface area contributed by atoms with Crippen LogP contribution in [0.5, 0.6) is 0 Å². The van der Waals surface area contributed by atoms with Gasteiger partial charge in [0, 0.05) is 29.5 Å². The summed E-state index contributed by atoms with van der Waals surface area (Å²) in [4.78, 5) is 27.6. The highest BCUT2D eigenvalue weighted by Gasteiger charge is 2.38. The maximum absolute atomic E-state index is 14.0. The summed E-state index contributed by atoms with van der Waals surface area (Å²) in [5.74, 6) is 0. The average molecular weight is 468 g/mol. The Kier molecular flexibility index (Phi) is 7.12. The monoisotopic (exact) mass is 468 g/mol. The number of nitrogens with one attached hydrogen (secondary N) is 1. The van der Waals surface area contributed by atoms with Crippen molar-refractivity contribution in [3.05, 3.63) is 58.7 Å². The smallest absolute Gasteiger partial charge is 0.417 e. The van der Waals surface area contributed by atoms with Crippen molar-refractivity contribution in [2.24, 2.45) is 0 Å². The van der Waals surface area contributed by atoms with E-state index in [0.717, 1.165) is 18.2 Å². The SMILES string of the molecule is O=C[C@H](Nc1ccc2c(C(F)(F)F)c(-c3ccncc3)c(=O)oc2c1)[C@@H](O)[C@H](O)[C@H](O)CO. The summed E-state index contributed by atoms with van der Waals surface area (Å²) in [7, 11) is 0. The molecule has 0 spiro atoms. The number of aliphatic hydroxyl groups excluding tert-OH is 4. The molecule has 1 aromatic carbocycles. The van der Waals surface area contributed by atoms with Crippen LogP contribution in [-0.2, 0) is 11.0 Å². The van der Waals surface area contributed by atoms with Crippen molar-refractivity contribution in [3.63, 3.8) is 0 Å². The summed E-state index contributed by atoms with van der Waals surface area (Å²) in [5.41, 5.74) is -3.62. The Morgan fingerprint density at radius 2 is 1.76 bits per heavy atom. The van der Waals surface area contributed by atoms with E-state index in [0.29, 0.717) is 0 Å². The lowest BCUT2D eigenvalue weighted by Crippen LogP contribution is -2.49. The molecule has 0 radical (unpaired) electrons. The maximum Gasteiger partial charge on any atom is 0.417 e. The lowest BCUT2D eigenvalue weighted by molar-refractivity contribution is -0.136. The van der Waals surface area contributed by atoms with Crippen molar-refractivity contribution in [1.82, 2.24) is 4.98 Å². The number of benzene rings is 1. The number of carbonyl (C=O) groups excluding carboxylic acids is 1. The molecular weight excluding hydrogens is 449 g/mol. The van der Waals surface area contributed by atoms with E-state index in [1.807, 2.05) is 0 Å². The fourth-order valence-corrected chi connectivity index (χ4v) is 3.31. The predicted octanol–water partition coefficient (Wildman–Crippen LogP) is 0.928. The van der Waals surface area contributed by atoms with E-state index >= 15 is 0 Å². The number of aliphatic hydroxyl groups is 4. The highest BCUT2D eigenvalue weighted by atomic mass is 19.4. The minimum absolute atomic E-state index is 0.0164. The Labute approximate surface area is 183 Å². The molecule has 9 nitrogen and oxygen atoms in total. The number of alkyl halides is 3. The highest BCUT2D eigenvalue weighted by Crippen LogP contribution is 2.40. The van der Waals surface area contributed by atoms with Gasteiger partial charge in [0.15, 0.2) is 0 Å². The quantitative estimate of drug-likeness (QED) is 0.240. The molecule has 0 saturated carbocycles. The van der Waals surface area contributed by atoms with Crippen molar-refractivity contribution < 1.29 is 42.8 Å². The molecule has 4 atom stereocenters. The number of pyridine rings is 1. The number of rotatable bonds is 8. The molecule has 0 amide bonds. The van der Waals surface area contributed by atoms with E-state index in [1.54, 1.807) is 0 Å². The topological polar surface area (TPSA) is 153 Å². The highest BCUT2D eigenvalue weighted by molar-refractivity contribution is 5.89. The van der Waals surface area contributed by atoms with Crippen molar-refractivity contribution in [1.29, 1.82) is 0 Å². The van der Waals surface area contributed by atoms with E-state index in [1.165, 1.54) is 24.5 Å². The second-order valence-electron chi connectivity index (χ2n) is 7.12. The third-order valence-corrected chi connectivity index (χ3v) is 4.94. The molecule has 33 heavy (non-hydrogen) atoms. The van der Waals surface area contributed by atoms with Crippen molar-refractivity contribution in [2.45, 2.75) is 30.5 Å². The van der Waals surface area contributed by atoms with Gasteiger partial charge in [-0.2, -0.15) is 13.2 Å². The van der Waals surface area contributed by atoms with Gasteiger partial charge in [-0.15, -0.1) is 0 Å². The second-order valence-corrected chi connectivity index (χ2v) is 7.12. The van der Waals surface area contributed by atoms with E-state index < -0.39 is 64.9 Å². The first-order valence-corrected chi connectivity index (χ1v) is 9.53. The minimum Gasteiger partial charge on any atom is -0.422 e. The van der Waals surface area contributed by atoms with E-state index in [9.17, 15) is 38.1 Å². The lowest BCUT2D eigenvalue weighted by atomic mass is 9.98. The van der Waals surface area contributed by atoms with Crippen LogP contribution in [-0.4, -0.2) is 62.7 Å². The van der Waals surface area contributed by atoms with Gasteiger partial charge in [-0.1, -0.05) is 0 Å². The summed E-state index contributed by atoms with van der Waals surface area (Å²) in [6.07, 6.45) is -7.74. The van der Waals surface area contributed by atoms with E-state index in [4.69, 9.17) is 9.52 Å². The molecule has 3 rings (SSSR count). The Morgan fingerprint density at radius 1 is 1.09 bits per heavy atom. The number of hydrogen-bond donors (Lipinski definition) is 5. The number of hydrogen-bond acceptors (Lipinski definition) is 9. The summed E-state index contributed by atoms with van der Waals surface area (Å²) in [6.45, 7) is -0.884. The van der Waals surface area contributed by atoms with Crippen LogP contribution >= 0.6 is 0 Å². The van der Waals surface area contributed by atoms with Gasteiger partial charge in [0.2, 0.25) is 0 Å². The predicted molar refractivity (Wildman–Crippen MR) is 109 cm³/mol. The molecule has 0 aliphatic heterocycles. The number of anilines is 1. The second kappa shape index (κ2) is 9.67. The molecule has 0 aliphatic rings. The number of aldehydes is 1. The Hall–Kier alpha value is -3.32. The summed E-state index contributed by atoms with van der Waals surface area (Å²) in [6, 6.07) is 4.19. The first-order valence-electron chi connectivity index (χ1n) is 9.53. The van der Waals surface area contributed by atoms with Gasteiger partial charge in [-0.3, -0.25) is 4.98 Å². The molecule has 3 aromatic rings. The van der Waals surface area contributed by atoms with Gasteiger partial charge in [0.05, 0.1) is 17.7 Å². The number of halogens is 3. The zero-order chi connectivity index (χ0) is 24.3. The van der Waals surface area contributed by atoms with Crippen LogP contribution in [0, 0.1) is 0 Å². The molecule has 5 N–H and O–H groups in total. The van der Waals surface area contributed by atoms with Crippen LogP contribution in [0.1, 0.15) is 5.56 Å². The zero-order valence-corrected chi connectivity index (χ0v) is 16.7. The minimum atomic E-state index is -4.91. The van der Waals surface area contributed by atoms with Crippen LogP contribution < -0.4 is 10.9 Å². The molecule has 0 unspecified atom stereocenters. The summed E-state index contributed by atoms with van der Waals surface area (Å²) >= 11 is 0. The fourth-order valence-electron chi connectivity index (χ4n) is 3.31. The largest absolute Gasteiger partial charge is 0.422 e. The number of carbonyl (C=O) groups is 1. The summed E-state index contributed by atoms with van der Waals surface area (Å²) < 4.78 is 47.0. The molecule has 2 heterocycles. The lowest BCUT2D eigenvalue weighted by Gasteiger charge is -2.27. The van der Waals surface area contributed by atoms with Crippen LogP contribution in [0.3, 0.4) is 0 Å². The number of fused-ring (bicyclic) bond motifs is 1. The number of aromatic nitrogens is 1. The Morgan fingerprint density at radius 3 is 2.33 bits per heavy atom. The van der Waals surface area contributed by atoms with Gasteiger partial charge in [-0.25, -0.2) is 4.79 Å². The van der Waals surface area contributed by atoms with Crippen molar-refractivity contribution >= 4 is 22.9 Å². The number of nitrogens with zero attached hydrogens (tertiary/aromatic N) is 1. The Bertz CT molecular complexity index is 1180. The van der Waals surface area contributed by atoms with Crippen molar-refractivity contribution in [3.8, 4) is 11.1 Å². The van der Waals surface area contributed by atoms with Crippen LogP contribution in [0.4, 0.5) is 18.9 Å². The van der Waals surface area contributed by atoms with Gasteiger partial charge in [-0.05, 0) is 29.8 Å². The molecule has 0 bridgehead atoms.